The average Bonchev–Trinajstić information content (AvgIpc) is 3.00. The monoisotopic (exact) mass is 336 g/mol. The SMILES string of the molecule is CC(C)(C)OC(=O)NC(Cc1ccccc1F)C(=O)N1CCCC1. The average molecular weight is 336 g/mol. The topological polar surface area (TPSA) is 58.6 Å². The van der Waals surface area contributed by atoms with Gasteiger partial charge in [-0.25, -0.2) is 9.18 Å². The van der Waals surface area contributed by atoms with E-state index in [1.165, 1.54) is 6.07 Å². The number of benzene rings is 1. The molecule has 0 spiro atoms. The molecule has 24 heavy (non-hydrogen) atoms. The maximum atomic E-state index is 13.9. The van der Waals surface area contributed by atoms with E-state index in [1.807, 2.05) is 0 Å². The first kappa shape index (κ1) is 18.2. The molecule has 0 aliphatic carbocycles. The van der Waals surface area contributed by atoms with E-state index in [4.69, 9.17) is 4.74 Å². The molecule has 1 N–H and O–H groups in total. The van der Waals surface area contributed by atoms with Crippen LogP contribution in [-0.2, 0) is 16.0 Å². The first-order valence-corrected chi connectivity index (χ1v) is 8.28. The van der Waals surface area contributed by atoms with Crippen molar-refractivity contribution in [2.75, 3.05) is 13.1 Å². The molecule has 2 rings (SSSR count). The second-order valence-electron chi connectivity index (χ2n) is 7.03. The molecule has 1 saturated heterocycles. The van der Waals surface area contributed by atoms with Gasteiger partial charge in [0, 0.05) is 19.5 Å². The fourth-order valence-electron chi connectivity index (χ4n) is 2.69. The number of ether oxygens (including phenoxy) is 1. The Morgan fingerprint density at radius 3 is 2.46 bits per heavy atom. The summed E-state index contributed by atoms with van der Waals surface area (Å²) >= 11 is 0. The lowest BCUT2D eigenvalue weighted by Crippen LogP contribution is -2.50. The van der Waals surface area contributed by atoms with Crippen LogP contribution in [-0.4, -0.2) is 41.6 Å². The summed E-state index contributed by atoms with van der Waals surface area (Å²) in [6, 6.07) is 5.44. The van der Waals surface area contributed by atoms with Crippen LogP contribution in [0.5, 0.6) is 0 Å². The molecule has 1 aromatic carbocycles. The van der Waals surface area contributed by atoms with Gasteiger partial charge < -0.3 is 15.0 Å². The minimum Gasteiger partial charge on any atom is -0.444 e. The highest BCUT2D eigenvalue weighted by Gasteiger charge is 2.30. The lowest BCUT2D eigenvalue weighted by atomic mass is 10.0. The summed E-state index contributed by atoms with van der Waals surface area (Å²) in [5.41, 5.74) is -0.269. The van der Waals surface area contributed by atoms with E-state index < -0.39 is 17.7 Å². The fraction of sp³-hybridized carbons (Fsp3) is 0.556. The van der Waals surface area contributed by atoms with Crippen LogP contribution in [0.15, 0.2) is 24.3 Å². The molecule has 0 radical (unpaired) electrons. The van der Waals surface area contributed by atoms with Crippen molar-refractivity contribution in [2.24, 2.45) is 0 Å². The normalized spacial score (nSPS) is 15.9. The molecule has 0 saturated carbocycles. The molecule has 1 atom stereocenters. The third-order valence-corrected chi connectivity index (χ3v) is 3.79. The number of carbonyl (C=O) groups is 2. The second-order valence-corrected chi connectivity index (χ2v) is 7.03. The van der Waals surface area contributed by atoms with E-state index in [0.717, 1.165) is 12.8 Å². The lowest BCUT2D eigenvalue weighted by molar-refractivity contribution is -0.132. The predicted octanol–water partition coefficient (Wildman–Crippen LogP) is 2.88. The number of hydrogen-bond acceptors (Lipinski definition) is 3. The van der Waals surface area contributed by atoms with Crippen molar-refractivity contribution in [3.63, 3.8) is 0 Å². The summed E-state index contributed by atoms with van der Waals surface area (Å²) in [5.74, 6) is -0.579. The third kappa shape index (κ3) is 5.22. The van der Waals surface area contributed by atoms with E-state index in [9.17, 15) is 14.0 Å². The van der Waals surface area contributed by atoms with Gasteiger partial charge in [-0.3, -0.25) is 4.79 Å². The predicted molar refractivity (Wildman–Crippen MR) is 89.1 cm³/mol. The summed E-state index contributed by atoms with van der Waals surface area (Å²) in [7, 11) is 0. The molecule has 132 valence electrons. The molecule has 0 bridgehead atoms. The smallest absolute Gasteiger partial charge is 0.408 e. The second kappa shape index (κ2) is 7.64. The van der Waals surface area contributed by atoms with Gasteiger partial charge in [0.1, 0.15) is 17.5 Å². The first-order chi connectivity index (χ1) is 11.3. The zero-order valence-electron chi connectivity index (χ0n) is 14.5. The lowest BCUT2D eigenvalue weighted by Gasteiger charge is -2.26. The van der Waals surface area contributed by atoms with E-state index in [1.54, 1.807) is 43.9 Å². The highest BCUT2D eigenvalue weighted by Crippen LogP contribution is 2.15. The van der Waals surface area contributed by atoms with E-state index in [2.05, 4.69) is 5.32 Å². The Labute approximate surface area is 142 Å². The van der Waals surface area contributed by atoms with Crippen LogP contribution in [0.25, 0.3) is 0 Å². The van der Waals surface area contributed by atoms with Gasteiger partial charge in [-0.1, -0.05) is 18.2 Å². The number of amides is 2. The molecular formula is C18H25FN2O3. The number of nitrogens with zero attached hydrogens (tertiary/aromatic N) is 1. The van der Waals surface area contributed by atoms with Crippen molar-refractivity contribution in [1.29, 1.82) is 0 Å². The molecule has 1 heterocycles. The van der Waals surface area contributed by atoms with Crippen molar-refractivity contribution in [3.05, 3.63) is 35.6 Å². The largest absolute Gasteiger partial charge is 0.444 e. The summed E-state index contributed by atoms with van der Waals surface area (Å²) in [4.78, 5) is 26.5. The molecule has 1 aliphatic rings. The number of carbonyl (C=O) groups excluding carboxylic acids is 2. The molecule has 1 aromatic rings. The molecule has 1 unspecified atom stereocenters. The van der Waals surface area contributed by atoms with E-state index in [0.29, 0.717) is 18.7 Å². The van der Waals surface area contributed by atoms with Gasteiger partial charge in [-0.05, 0) is 45.2 Å². The Kier molecular flexibility index (Phi) is 5.80. The van der Waals surface area contributed by atoms with E-state index >= 15 is 0 Å². The minimum absolute atomic E-state index is 0.0985. The summed E-state index contributed by atoms with van der Waals surface area (Å²) in [6.45, 7) is 6.59. The van der Waals surface area contributed by atoms with Gasteiger partial charge in [0.2, 0.25) is 5.91 Å². The fourth-order valence-corrected chi connectivity index (χ4v) is 2.69. The zero-order chi connectivity index (χ0) is 17.7. The molecule has 0 aromatic heterocycles. The number of nitrogens with one attached hydrogen (secondary N) is 1. The number of hydrogen-bond donors (Lipinski definition) is 1. The van der Waals surface area contributed by atoms with Crippen molar-refractivity contribution in [3.8, 4) is 0 Å². The molecular weight excluding hydrogens is 311 g/mol. The van der Waals surface area contributed by atoms with Gasteiger partial charge in [0.25, 0.3) is 0 Å². The van der Waals surface area contributed by atoms with Crippen LogP contribution in [0.3, 0.4) is 0 Å². The number of alkyl carbamates (subject to hydrolysis) is 1. The zero-order valence-corrected chi connectivity index (χ0v) is 14.5. The highest BCUT2D eigenvalue weighted by atomic mass is 19.1. The number of halogens is 1. The van der Waals surface area contributed by atoms with Crippen molar-refractivity contribution in [2.45, 2.75) is 51.7 Å². The highest BCUT2D eigenvalue weighted by molar-refractivity contribution is 5.86. The molecule has 2 amide bonds. The molecule has 6 heteroatoms. The Morgan fingerprint density at radius 2 is 1.88 bits per heavy atom. The van der Waals surface area contributed by atoms with Crippen LogP contribution >= 0.6 is 0 Å². The van der Waals surface area contributed by atoms with Gasteiger partial charge in [0.05, 0.1) is 0 Å². The number of rotatable bonds is 4. The van der Waals surface area contributed by atoms with Crippen molar-refractivity contribution in [1.82, 2.24) is 10.2 Å². The maximum Gasteiger partial charge on any atom is 0.408 e. The maximum absolute atomic E-state index is 13.9. The van der Waals surface area contributed by atoms with Crippen molar-refractivity contribution < 1.29 is 18.7 Å². The molecule has 5 nitrogen and oxygen atoms in total. The van der Waals surface area contributed by atoms with Crippen LogP contribution < -0.4 is 5.32 Å². The minimum atomic E-state index is -0.838. The van der Waals surface area contributed by atoms with Crippen LogP contribution in [0.4, 0.5) is 9.18 Å². The Balaban J connectivity index is 2.13. The van der Waals surface area contributed by atoms with Crippen LogP contribution in [0.1, 0.15) is 39.2 Å². The first-order valence-electron chi connectivity index (χ1n) is 8.28. The Hall–Kier alpha value is -2.11. The van der Waals surface area contributed by atoms with Gasteiger partial charge in [-0.2, -0.15) is 0 Å². The Morgan fingerprint density at radius 1 is 1.25 bits per heavy atom. The number of likely N-dealkylation sites (tertiary alicyclic amines) is 1. The molecule has 1 fully saturated rings. The quantitative estimate of drug-likeness (QED) is 0.920. The summed E-state index contributed by atoms with van der Waals surface area (Å²) in [5, 5.41) is 2.61. The van der Waals surface area contributed by atoms with Gasteiger partial charge in [0.15, 0.2) is 0 Å². The van der Waals surface area contributed by atoms with E-state index in [-0.39, 0.29) is 18.1 Å². The van der Waals surface area contributed by atoms with Crippen LogP contribution in [0, 0.1) is 5.82 Å². The van der Waals surface area contributed by atoms with Gasteiger partial charge >= 0.3 is 6.09 Å². The molecule has 1 aliphatic heterocycles. The summed E-state index contributed by atoms with van der Waals surface area (Å²) < 4.78 is 19.2. The van der Waals surface area contributed by atoms with Crippen LogP contribution in [0.2, 0.25) is 0 Å². The third-order valence-electron chi connectivity index (χ3n) is 3.79. The van der Waals surface area contributed by atoms with Crippen molar-refractivity contribution >= 4 is 12.0 Å². The summed E-state index contributed by atoms with van der Waals surface area (Å²) in [6.07, 6.45) is 1.33. The van der Waals surface area contributed by atoms with Gasteiger partial charge in [-0.15, -0.1) is 0 Å². The Bertz CT molecular complexity index is 592. The standard InChI is InChI=1S/C18H25FN2O3/c1-18(2,3)24-17(23)20-15(16(22)21-10-6-7-11-21)12-13-8-4-5-9-14(13)19/h4-5,8-9,15H,6-7,10-12H2,1-3H3,(H,20,23).